The maximum atomic E-state index is 12.7. The summed E-state index contributed by atoms with van der Waals surface area (Å²) in [7, 11) is 0. The number of piperidine rings is 1. The molecule has 1 aromatic carbocycles. The van der Waals surface area contributed by atoms with E-state index in [1.54, 1.807) is 6.07 Å². The molecule has 2 aromatic heterocycles. The first-order valence-electron chi connectivity index (χ1n) is 9.97. The molecular weight excluding hydrogens is 411 g/mol. The molecular formula is C21H24F3N5S. The van der Waals surface area contributed by atoms with Crippen LogP contribution in [-0.2, 0) is 19.5 Å². The average Bonchev–Trinajstić information content (AvgIpc) is 3.11. The van der Waals surface area contributed by atoms with Gasteiger partial charge < -0.3 is 11.1 Å². The summed E-state index contributed by atoms with van der Waals surface area (Å²) in [6.07, 6.45) is -1.86. The minimum Gasteiger partial charge on any atom is -0.367 e. The molecule has 0 aliphatic carbocycles. The molecule has 1 saturated heterocycles. The summed E-state index contributed by atoms with van der Waals surface area (Å²) in [5.41, 5.74) is 8.28. The Morgan fingerprint density at radius 3 is 2.57 bits per heavy atom. The Bertz CT molecular complexity index is 996. The number of thiophene rings is 1. The van der Waals surface area contributed by atoms with Crippen molar-refractivity contribution in [3.05, 3.63) is 52.7 Å². The van der Waals surface area contributed by atoms with Gasteiger partial charge in [-0.05, 0) is 30.0 Å². The van der Waals surface area contributed by atoms with Gasteiger partial charge in [0.15, 0.2) is 0 Å². The molecule has 4 rings (SSSR count). The summed E-state index contributed by atoms with van der Waals surface area (Å²) in [5.74, 6) is 0.622. The fourth-order valence-corrected chi connectivity index (χ4v) is 4.91. The van der Waals surface area contributed by atoms with Gasteiger partial charge in [-0.1, -0.05) is 24.3 Å². The van der Waals surface area contributed by atoms with E-state index in [0.717, 1.165) is 43.8 Å². The fourth-order valence-electron chi connectivity index (χ4n) is 3.89. The van der Waals surface area contributed by atoms with Gasteiger partial charge in [0.1, 0.15) is 17.0 Å². The van der Waals surface area contributed by atoms with Crippen LogP contribution in [-0.4, -0.2) is 40.2 Å². The first-order valence-corrected chi connectivity index (χ1v) is 10.8. The van der Waals surface area contributed by atoms with Crippen molar-refractivity contribution in [2.45, 2.75) is 44.6 Å². The number of halogens is 3. The molecule has 3 heterocycles. The molecule has 9 heteroatoms. The van der Waals surface area contributed by atoms with Crippen LogP contribution in [0.2, 0.25) is 0 Å². The second kappa shape index (κ2) is 8.87. The Balaban J connectivity index is 1.38. The molecule has 1 fully saturated rings. The largest absolute Gasteiger partial charge is 0.393 e. The predicted molar refractivity (Wildman–Crippen MR) is 113 cm³/mol. The number of hydrogen-bond acceptors (Lipinski definition) is 6. The van der Waals surface area contributed by atoms with Gasteiger partial charge in [0.25, 0.3) is 0 Å². The normalized spacial score (nSPS) is 16.3. The van der Waals surface area contributed by atoms with E-state index in [9.17, 15) is 13.2 Å². The summed E-state index contributed by atoms with van der Waals surface area (Å²) in [6.45, 7) is 3.29. The van der Waals surface area contributed by atoms with E-state index < -0.39 is 12.6 Å². The lowest BCUT2D eigenvalue weighted by Crippen LogP contribution is -2.39. The molecule has 0 bridgehead atoms. The quantitative estimate of drug-likeness (QED) is 0.603. The zero-order valence-electron chi connectivity index (χ0n) is 16.5. The summed E-state index contributed by atoms with van der Waals surface area (Å²) in [5, 5.41) is 4.10. The number of nitrogens with one attached hydrogen (secondary N) is 1. The Hall–Kier alpha value is -2.23. The maximum absolute atomic E-state index is 12.7. The smallest absolute Gasteiger partial charge is 0.367 e. The SMILES string of the molecule is NCc1ccccc1CN1CCC(Nc2ncnc3sc(CC(F)(F)F)cc23)CC1. The van der Waals surface area contributed by atoms with Crippen molar-refractivity contribution in [1.82, 2.24) is 14.9 Å². The van der Waals surface area contributed by atoms with Crippen LogP contribution in [0.5, 0.6) is 0 Å². The molecule has 160 valence electrons. The molecule has 1 aliphatic rings. The molecule has 3 aromatic rings. The standard InChI is InChI=1S/C21H24F3N5S/c22-21(23,24)10-17-9-18-19(26-13-27-20(18)30-17)28-16-5-7-29(8-6-16)12-15-4-2-1-3-14(15)11-25/h1-4,9,13,16H,5-8,10-12,25H2,(H,26,27,28). The third kappa shape index (κ3) is 5.08. The van der Waals surface area contributed by atoms with Crippen molar-refractivity contribution in [1.29, 1.82) is 0 Å². The van der Waals surface area contributed by atoms with Crippen LogP contribution in [0.4, 0.5) is 19.0 Å². The molecule has 1 aliphatic heterocycles. The predicted octanol–water partition coefficient (Wildman–Crippen LogP) is 4.33. The fraction of sp³-hybridized carbons (Fsp3) is 0.429. The topological polar surface area (TPSA) is 67.1 Å². The lowest BCUT2D eigenvalue weighted by atomic mass is 10.0. The van der Waals surface area contributed by atoms with E-state index in [0.29, 0.717) is 22.6 Å². The minimum absolute atomic E-state index is 0.232. The average molecular weight is 436 g/mol. The van der Waals surface area contributed by atoms with E-state index in [2.05, 4.69) is 32.3 Å². The Kier molecular flexibility index (Phi) is 6.21. The highest BCUT2D eigenvalue weighted by atomic mass is 32.1. The van der Waals surface area contributed by atoms with Gasteiger partial charge in [-0.2, -0.15) is 13.2 Å². The maximum Gasteiger partial charge on any atom is 0.393 e. The lowest BCUT2D eigenvalue weighted by Gasteiger charge is -2.33. The Morgan fingerprint density at radius 1 is 1.13 bits per heavy atom. The molecule has 0 unspecified atom stereocenters. The van der Waals surface area contributed by atoms with Gasteiger partial charge in [0, 0.05) is 37.1 Å². The van der Waals surface area contributed by atoms with Crippen LogP contribution >= 0.6 is 11.3 Å². The Labute approximate surface area is 177 Å². The number of benzene rings is 1. The zero-order valence-corrected chi connectivity index (χ0v) is 17.3. The number of anilines is 1. The molecule has 0 saturated carbocycles. The van der Waals surface area contributed by atoms with Crippen LogP contribution in [0.15, 0.2) is 36.7 Å². The summed E-state index contributed by atoms with van der Waals surface area (Å²) in [4.78, 5) is 11.7. The second-order valence-corrected chi connectivity index (χ2v) is 8.73. The number of fused-ring (bicyclic) bond motifs is 1. The van der Waals surface area contributed by atoms with Gasteiger partial charge in [-0.3, -0.25) is 4.90 Å². The van der Waals surface area contributed by atoms with Crippen LogP contribution in [0, 0.1) is 0 Å². The monoisotopic (exact) mass is 435 g/mol. The number of hydrogen-bond donors (Lipinski definition) is 2. The first kappa shape index (κ1) is 21.0. The summed E-state index contributed by atoms with van der Waals surface area (Å²) >= 11 is 1.08. The van der Waals surface area contributed by atoms with Crippen molar-refractivity contribution in [3.63, 3.8) is 0 Å². The number of likely N-dealkylation sites (tertiary alicyclic amines) is 1. The lowest BCUT2D eigenvalue weighted by molar-refractivity contribution is -0.126. The third-order valence-electron chi connectivity index (χ3n) is 5.42. The first-order chi connectivity index (χ1) is 14.4. The van der Waals surface area contributed by atoms with Gasteiger partial charge in [-0.25, -0.2) is 9.97 Å². The highest BCUT2D eigenvalue weighted by Crippen LogP contribution is 2.33. The van der Waals surface area contributed by atoms with E-state index >= 15 is 0 Å². The molecule has 5 nitrogen and oxygen atoms in total. The number of aromatic nitrogens is 2. The number of nitrogens with zero attached hydrogens (tertiary/aromatic N) is 3. The van der Waals surface area contributed by atoms with Gasteiger partial charge in [0.2, 0.25) is 0 Å². The van der Waals surface area contributed by atoms with Crippen molar-refractivity contribution in [3.8, 4) is 0 Å². The van der Waals surface area contributed by atoms with Gasteiger partial charge in [0.05, 0.1) is 11.8 Å². The van der Waals surface area contributed by atoms with E-state index in [1.807, 2.05) is 12.1 Å². The third-order valence-corrected chi connectivity index (χ3v) is 6.46. The molecule has 0 atom stereocenters. The minimum atomic E-state index is -4.22. The van der Waals surface area contributed by atoms with Gasteiger partial charge in [-0.15, -0.1) is 11.3 Å². The van der Waals surface area contributed by atoms with E-state index in [1.165, 1.54) is 17.5 Å². The van der Waals surface area contributed by atoms with Crippen LogP contribution < -0.4 is 11.1 Å². The van der Waals surface area contributed by atoms with Gasteiger partial charge >= 0.3 is 6.18 Å². The Morgan fingerprint density at radius 2 is 1.87 bits per heavy atom. The van der Waals surface area contributed by atoms with Crippen molar-refractivity contribution in [2.75, 3.05) is 18.4 Å². The number of alkyl halides is 3. The zero-order chi connectivity index (χ0) is 21.1. The molecule has 0 amide bonds. The van der Waals surface area contributed by atoms with Crippen LogP contribution in [0.3, 0.4) is 0 Å². The molecule has 3 N–H and O–H groups in total. The highest BCUT2D eigenvalue weighted by molar-refractivity contribution is 7.18. The van der Waals surface area contributed by atoms with Crippen molar-refractivity contribution < 1.29 is 13.2 Å². The molecule has 30 heavy (non-hydrogen) atoms. The van der Waals surface area contributed by atoms with Crippen molar-refractivity contribution >= 4 is 27.4 Å². The molecule has 0 spiro atoms. The summed E-state index contributed by atoms with van der Waals surface area (Å²) < 4.78 is 38.2. The van der Waals surface area contributed by atoms with E-state index in [4.69, 9.17) is 5.73 Å². The van der Waals surface area contributed by atoms with Crippen LogP contribution in [0.1, 0.15) is 28.8 Å². The van der Waals surface area contributed by atoms with Crippen molar-refractivity contribution in [2.24, 2.45) is 5.73 Å². The molecule has 0 radical (unpaired) electrons. The number of nitrogens with two attached hydrogens (primary N) is 1. The van der Waals surface area contributed by atoms with E-state index in [-0.39, 0.29) is 10.9 Å². The number of rotatable bonds is 6. The highest BCUT2D eigenvalue weighted by Gasteiger charge is 2.29. The summed E-state index contributed by atoms with van der Waals surface area (Å²) in [6, 6.07) is 10.0. The van der Waals surface area contributed by atoms with Crippen LogP contribution in [0.25, 0.3) is 10.2 Å². The second-order valence-electron chi connectivity index (χ2n) is 7.61.